The van der Waals surface area contributed by atoms with Gasteiger partial charge in [-0.1, -0.05) is 25.5 Å². The normalized spacial score (nSPS) is 12.7. The molecule has 0 fully saturated rings. The lowest BCUT2D eigenvalue weighted by Crippen LogP contribution is -2.15. The van der Waals surface area contributed by atoms with Crippen molar-refractivity contribution < 1.29 is 9.32 Å². The molecule has 4 nitrogen and oxygen atoms in total. The van der Waals surface area contributed by atoms with Gasteiger partial charge in [0.05, 0.1) is 16.3 Å². The SMILES string of the molecule is CCCC[S@@](=O)c1c(O)c2ccccc2[nH]c1=O. The molecule has 0 aliphatic rings. The molecule has 2 N–H and O–H groups in total. The number of unbranched alkanes of at least 4 members (excludes halogenated alkanes) is 1. The maximum Gasteiger partial charge on any atom is 0.268 e. The summed E-state index contributed by atoms with van der Waals surface area (Å²) in [7, 11) is -1.46. The predicted octanol–water partition coefficient (Wildman–Crippen LogP) is 2.14. The van der Waals surface area contributed by atoms with Crippen molar-refractivity contribution in [2.75, 3.05) is 5.75 Å². The maximum absolute atomic E-state index is 12.0. The fourth-order valence-corrected chi connectivity index (χ4v) is 3.13. The summed E-state index contributed by atoms with van der Waals surface area (Å²) < 4.78 is 12.0. The van der Waals surface area contributed by atoms with E-state index in [1.54, 1.807) is 24.3 Å². The topological polar surface area (TPSA) is 70.2 Å². The average molecular weight is 265 g/mol. The largest absolute Gasteiger partial charge is 0.506 e. The molecular weight excluding hydrogens is 250 g/mol. The zero-order valence-electron chi connectivity index (χ0n) is 10.1. The molecule has 2 aromatic rings. The highest BCUT2D eigenvalue weighted by molar-refractivity contribution is 7.85. The first kappa shape index (κ1) is 12.8. The van der Waals surface area contributed by atoms with Crippen LogP contribution in [0.1, 0.15) is 19.8 Å². The number of para-hydroxylation sites is 1. The van der Waals surface area contributed by atoms with E-state index < -0.39 is 16.4 Å². The van der Waals surface area contributed by atoms with E-state index in [1.807, 2.05) is 6.92 Å². The summed E-state index contributed by atoms with van der Waals surface area (Å²) in [5.41, 5.74) is 0.0804. The smallest absolute Gasteiger partial charge is 0.268 e. The van der Waals surface area contributed by atoms with Gasteiger partial charge in [0.1, 0.15) is 10.6 Å². The zero-order valence-corrected chi connectivity index (χ0v) is 10.9. The van der Waals surface area contributed by atoms with Crippen LogP contribution in [0.25, 0.3) is 10.9 Å². The first-order valence-corrected chi connectivity index (χ1v) is 7.19. The fourth-order valence-electron chi connectivity index (χ4n) is 1.80. The molecular formula is C13H15NO3S. The first-order chi connectivity index (χ1) is 8.65. The van der Waals surface area contributed by atoms with Crippen molar-refractivity contribution in [3.8, 4) is 5.75 Å². The minimum absolute atomic E-state index is 0.0119. The number of hydrogen-bond acceptors (Lipinski definition) is 3. The summed E-state index contributed by atoms with van der Waals surface area (Å²) in [6.45, 7) is 1.99. The van der Waals surface area contributed by atoms with Crippen LogP contribution in [0.2, 0.25) is 0 Å². The van der Waals surface area contributed by atoms with Crippen LogP contribution in [-0.4, -0.2) is 20.1 Å². The van der Waals surface area contributed by atoms with Gasteiger partial charge in [0, 0.05) is 11.1 Å². The Labute approximate surface area is 107 Å². The van der Waals surface area contributed by atoms with Gasteiger partial charge in [-0.2, -0.15) is 0 Å². The number of benzene rings is 1. The molecule has 0 aliphatic heterocycles. The number of fused-ring (bicyclic) bond motifs is 1. The third-order valence-electron chi connectivity index (χ3n) is 2.76. The summed E-state index contributed by atoms with van der Waals surface area (Å²) in [5, 5.41) is 10.6. The molecule has 1 aromatic heterocycles. The molecule has 1 atom stereocenters. The highest BCUT2D eigenvalue weighted by Gasteiger charge is 2.17. The van der Waals surface area contributed by atoms with Crippen LogP contribution in [0.4, 0.5) is 0 Å². The van der Waals surface area contributed by atoms with Crippen molar-refractivity contribution in [3.05, 3.63) is 34.6 Å². The molecule has 0 radical (unpaired) electrons. The lowest BCUT2D eigenvalue weighted by molar-refractivity contribution is 0.465. The number of aromatic nitrogens is 1. The minimum atomic E-state index is -1.46. The molecule has 0 spiro atoms. The molecule has 1 heterocycles. The molecule has 0 aliphatic carbocycles. The second-order valence-electron chi connectivity index (χ2n) is 4.08. The van der Waals surface area contributed by atoms with E-state index >= 15 is 0 Å². The van der Waals surface area contributed by atoms with Gasteiger partial charge in [0.15, 0.2) is 0 Å². The van der Waals surface area contributed by atoms with Gasteiger partial charge in [0.2, 0.25) is 0 Å². The quantitative estimate of drug-likeness (QED) is 0.889. The van der Waals surface area contributed by atoms with Gasteiger partial charge in [-0.05, 0) is 18.6 Å². The number of rotatable bonds is 4. The van der Waals surface area contributed by atoms with E-state index in [4.69, 9.17) is 0 Å². The van der Waals surface area contributed by atoms with Crippen LogP contribution in [0.3, 0.4) is 0 Å². The Balaban J connectivity index is 2.57. The Kier molecular flexibility index (Phi) is 3.81. The highest BCUT2D eigenvalue weighted by atomic mass is 32.2. The van der Waals surface area contributed by atoms with Crippen molar-refractivity contribution in [3.63, 3.8) is 0 Å². The van der Waals surface area contributed by atoms with Crippen LogP contribution < -0.4 is 5.56 Å². The number of hydrogen-bond donors (Lipinski definition) is 2. The maximum atomic E-state index is 12.0. The summed E-state index contributed by atoms with van der Waals surface area (Å²) in [4.78, 5) is 14.5. The van der Waals surface area contributed by atoms with E-state index in [2.05, 4.69) is 4.98 Å². The summed E-state index contributed by atoms with van der Waals surface area (Å²) >= 11 is 0. The molecule has 0 unspecified atom stereocenters. The van der Waals surface area contributed by atoms with Crippen LogP contribution in [0, 0.1) is 0 Å². The summed E-state index contributed by atoms with van der Waals surface area (Å²) in [5.74, 6) is 0.231. The fraction of sp³-hybridized carbons (Fsp3) is 0.308. The van der Waals surface area contributed by atoms with Crippen molar-refractivity contribution in [2.45, 2.75) is 24.7 Å². The number of H-pyrrole nitrogens is 1. The van der Waals surface area contributed by atoms with Crippen LogP contribution in [0.5, 0.6) is 5.75 Å². The average Bonchev–Trinajstić information content (AvgIpc) is 2.36. The molecule has 96 valence electrons. The third-order valence-corrected chi connectivity index (χ3v) is 4.26. The molecule has 1 aromatic carbocycles. The standard InChI is InChI=1S/C13H15NO3S/c1-2-3-8-18(17)12-11(15)9-6-4-5-7-10(9)14-13(12)16/h4-7H,2-3,8H2,1H3,(H2,14,15,16)/t18-/m1/s1. The Bertz CT molecular complexity index is 648. The van der Waals surface area contributed by atoms with Gasteiger partial charge >= 0.3 is 0 Å². The molecule has 2 rings (SSSR count). The van der Waals surface area contributed by atoms with Crippen LogP contribution >= 0.6 is 0 Å². The van der Waals surface area contributed by atoms with Gasteiger partial charge in [-0.3, -0.25) is 9.00 Å². The Morgan fingerprint density at radius 1 is 1.33 bits per heavy atom. The molecule has 0 saturated carbocycles. The molecule has 5 heteroatoms. The van der Waals surface area contributed by atoms with Crippen molar-refractivity contribution in [1.82, 2.24) is 4.98 Å². The van der Waals surface area contributed by atoms with Crippen molar-refractivity contribution in [1.29, 1.82) is 0 Å². The molecule has 0 bridgehead atoms. The van der Waals surface area contributed by atoms with Crippen molar-refractivity contribution >= 4 is 21.7 Å². The second-order valence-corrected chi connectivity index (χ2v) is 5.59. The van der Waals surface area contributed by atoms with E-state index in [9.17, 15) is 14.1 Å². The Morgan fingerprint density at radius 3 is 2.78 bits per heavy atom. The lowest BCUT2D eigenvalue weighted by atomic mass is 10.2. The summed E-state index contributed by atoms with van der Waals surface area (Å²) in [6.07, 6.45) is 1.66. The van der Waals surface area contributed by atoms with Crippen molar-refractivity contribution in [2.24, 2.45) is 0 Å². The van der Waals surface area contributed by atoms with E-state index in [1.165, 1.54) is 0 Å². The van der Waals surface area contributed by atoms with Gasteiger partial charge in [0.25, 0.3) is 5.56 Å². The second kappa shape index (κ2) is 5.35. The summed E-state index contributed by atoms with van der Waals surface area (Å²) in [6, 6.07) is 6.93. The van der Waals surface area contributed by atoms with E-state index in [-0.39, 0.29) is 10.6 Å². The number of aromatic hydroxyl groups is 1. The first-order valence-electron chi connectivity index (χ1n) is 5.87. The molecule has 0 amide bonds. The van der Waals surface area contributed by atoms with Crippen LogP contribution in [-0.2, 0) is 10.8 Å². The van der Waals surface area contributed by atoms with E-state index in [0.29, 0.717) is 16.7 Å². The predicted molar refractivity (Wildman–Crippen MR) is 72.4 cm³/mol. The Morgan fingerprint density at radius 2 is 2.06 bits per heavy atom. The zero-order chi connectivity index (χ0) is 13.1. The van der Waals surface area contributed by atoms with Crippen LogP contribution in [0.15, 0.2) is 34.0 Å². The van der Waals surface area contributed by atoms with Gasteiger partial charge in [-0.25, -0.2) is 0 Å². The third kappa shape index (κ3) is 2.31. The monoisotopic (exact) mass is 265 g/mol. The number of nitrogens with one attached hydrogen (secondary N) is 1. The van der Waals surface area contributed by atoms with E-state index in [0.717, 1.165) is 12.8 Å². The highest BCUT2D eigenvalue weighted by Crippen LogP contribution is 2.26. The Hall–Kier alpha value is -1.62. The molecule has 18 heavy (non-hydrogen) atoms. The number of aromatic amines is 1. The van der Waals surface area contributed by atoms with Gasteiger partial charge in [-0.15, -0.1) is 0 Å². The molecule has 0 saturated heterocycles. The minimum Gasteiger partial charge on any atom is -0.506 e. The number of pyridine rings is 1. The lowest BCUT2D eigenvalue weighted by Gasteiger charge is -2.06. The van der Waals surface area contributed by atoms with Gasteiger partial charge < -0.3 is 10.1 Å².